The van der Waals surface area contributed by atoms with Gasteiger partial charge in [-0.3, -0.25) is 9.59 Å². The van der Waals surface area contributed by atoms with Crippen molar-refractivity contribution in [1.82, 2.24) is 4.31 Å². The lowest BCUT2D eigenvalue weighted by Gasteiger charge is -2.58. The van der Waals surface area contributed by atoms with Gasteiger partial charge in [-0.1, -0.05) is 6.07 Å². The zero-order chi connectivity index (χ0) is 25.0. The molecule has 5 fully saturated rings. The van der Waals surface area contributed by atoms with Crippen LogP contribution >= 0.6 is 11.6 Å². The van der Waals surface area contributed by atoms with Crippen LogP contribution in [0.5, 0.6) is 0 Å². The number of nitrogens with zero attached hydrogens (tertiary/aromatic N) is 1. The van der Waals surface area contributed by atoms with Crippen molar-refractivity contribution in [3.63, 3.8) is 0 Å². The second kappa shape index (κ2) is 9.01. The third-order valence-corrected chi connectivity index (χ3v) is 10.6. The fourth-order valence-corrected chi connectivity index (χ4v) is 9.21. The van der Waals surface area contributed by atoms with Crippen molar-refractivity contribution in [2.45, 2.75) is 68.2 Å². The summed E-state index contributed by atoms with van der Waals surface area (Å²) in [5.74, 6) is 0.0654. The summed E-state index contributed by atoms with van der Waals surface area (Å²) in [4.78, 5) is 26.0. The number of hydrogen-bond donors (Lipinski definition) is 1. The molecule has 1 amide bonds. The van der Waals surface area contributed by atoms with E-state index in [4.69, 9.17) is 21.1 Å². The number of rotatable bonds is 6. The number of carbonyl (C=O) groups is 2. The van der Waals surface area contributed by atoms with E-state index in [9.17, 15) is 18.0 Å². The Morgan fingerprint density at radius 2 is 1.83 bits per heavy atom. The first-order chi connectivity index (χ1) is 16.5. The zero-order valence-corrected chi connectivity index (χ0v) is 21.8. The van der Waals surface area contributed by atoms with Gasteiger partial charge in [0.1, 0.15) is 0 Å². The van der Waals surface area contributed by atoms with Crippen LogP contribution in [-0.4, -0.2) is 61.9 Å². The zero-order valence-electron chi connectivity index (χ0n) is 20.2. The number of hydrogen-bond acceptors (Lipinski definition) is 6. The molecule has 10 heteroatoms. The molecule has 35 heavy (non-hydrogen) atoms. The molecule has 192 valence electrons. The van der Waals surface area contributed by atoms with Crippen LogP contribution in [-0.2, 0) is 29.1 Å². The summed E-state index contributed by atoms with van der Waals surface area (Å²) < 4.78 is 38.6. The third kappa shape index (κ3) is 4.72. The first-order valence-corrected chi connectivity index (χ1v) is 14.2. The molecule has 4 aliphatic carbocycles. The Morgan fingerprint density at radius 3 is 2.46 bits per heavy atom. The number of benzene rings is 1. The molecular weight excluding hydrogens is 492 g/mol. The Morgan fingerprint density at radius 1 is 1.17 bits per heavy atom. The first-order valence-electron chi connectivity index (χ1n) is 12.4. The van der Waals surface area contributed by atoms with Crippen molar-refractivity contribution in [3.05, 3.63) is 23.8 Å². The molecular formula is C25H33ClN2O6S. The van der Waals surface area contributed by atoms with E-state index in [0.29, 0.717) is 55.8 Å². The molecule has 0 spiro atoms. The average Bonchev–Trinajstić information content (AvgIpc) is 2.79. The van der Waals surface area contributed by atoms with Gasteiger partial charge in [0.05, 0.1) is 23.5 Å². The molecule has 0 aromatic heterocycles. The Labute approximate surface area is 211 Å². The Bertz CT molecular complexity index is 1120. The number of halogens is 1. The number of esters is 1. The minimum absolute atomic E-state index is 0.142. The number of nitrogens with one attached hydrogen (secondary N) is 1. The summed E-state index contributed by atoms with van der Waals surface area (Å²) in [5, 5.41) is 2.72. The molecule has 4 saturated carbocycles. The second-order valence-electron chi connectivity index (χ2n) is 10.9. The molecule has 5 aliphatic rings. The van der Waals surface area contributed by atoms with Crippen molar-refractivity contribution >= 4 is 39.2 Å². The van der Waals surface area contributed by atoms with Gasteiger partial charge in [0.15, 0.2) is 6.10 Å². The molecule has 1 heterocycles. The normalized spacial score (nSPS) is 33.3. The Hall–Kier alpha value is -1.68. The smallest absolute Gasteiger partial charge is 0.312 e. The van der Waals surface area contributed by atoms with Crippen LogP contribution in [0, 0.1) is 24.2 Å². The number of alkyl halides is 1. The fourth-order valence-electron chi connectivity index (χ4n) is 6.85. The number of morpholine rings is 1. The highest BCUT2D eigenvalue weighted by Crippen LogP contribution is 2.64. The van der Waals surface area contributed by atoms with E-state index in [0.717, 1.165) is 32.1 Å². The Balaban J connectivity index is 1.26. The number of sulfonamides is 1. The van der Waals surface area contributed by atoms with Crippen LogP contribution in [0.2, 0.25) is 0 Å². The first kappa shape index (κ1) is 25.0. The quantitative estimate of drug-likeness (QED) is 0.451. The number of anilines is 1. The van der Waals surface area contributed by atoms with Crippen LogP contribution in [0.4, 0.5) is 5.69 Å². The highest BCUT2D eigenvalue weighted by atomic mass is 35.5. The molecule has 1 aromatic carbocycles. The maximum atomic E-state index is 13.3. The van der Waals surface area contributed by atoms with E-state index < -0.39 is 27.4 Å². The van der Waals surface area contributed by atoms with Gasteiger partial charge in [-0.05, 0) is 81.9 Å². The average molecular weight is 525 g/mol. The Kier molecular flexibility index (Phi) is 6.43. The van der Waals surface area contributed by atoms with Gasteiger partial charge < -0.3 is 14.8 Å². The molecule has 4 bridgehead atoms. The van der Waals surface area contributed by atoms with Gasteiger partial charge >= 0.3 is 5.97 Å². The predicted molar refractivity (Wildman–Crippen MR) is 131 cm³/mol. The molecule has 3 atom stereocenters. The summed E-state index contributed by atoms with van der Waals surface area (Å²) in [6, 6.07) is 4.77. The predicted octanol–water partition coefficient (Wildman–Crippen LogP) is 3.46. The second-order valence-corrected chi connectivity index (χ2v) is 13.6. The minimum Gasteiger partial charge on any atom is -0.452 e. The summed E-state index contributed by atoms with van der Waals surface area (Å²) in [6.07, 6.45) is 4.21. The molecule has 0 radical (unpaired) electrons. The minimum atomic E-state index is -3.72. The highest BCUT2D eigenvalue weighted by Gasteiger charge is 2.61. The van der Waals surface area contributed by atoms with Crippen molar-refractivity contribution in [2.75, 3.05) is 31.6 Å². The van der Waals surface area contributed by atoms with Crippen LogP contribution in [0.3, 0.4) is 0 Å². The lowest BCUT2D eigenvalue weighted by molar-refractivity contribution is -0.176. The van der Waals surface area contributed by atoms with Crippen molar-refractivity contribution < 1.29 is 27.5 Å². The van der Waals surface area contributed by atoms with E-state index in [1.54, 1.807) is 26.0 Å². The third-order valence-electron chi connectivity index (χ3n) is 8.12. The van der Waals surface area contributed by atoms with E-state index in [1.165, 1.54) is 10.4 Å². The maximum Gasteiger partial charge on any atom is 0.312 e. The van der Waals surface area contributed by atoms with Crippen molar-refractivity contribution in [1.29, 1.82) is 0 Å². The van der Waals surface area contributed by atoms with Gasteiger partial charge in [-0.15, -0.1) is 11.6 Å². The van der Waals surface area contributed by atoms with Gasteiger partial charge in [-0.2, -0.15) is 4.31 Å². The lowest BCUT2D eigenvalue weighted by atomic mass is 9.49. The van der Waals surface area contributed by atoms with E-state index in [1.807, 2.05) is 0 Å². The van der Waals surface area contributed by atoms with Crippen LogP contribution in [0.1, 0.15) is 51.0 Å². The number of ether oxygens (including phenoxy) is 2. The largest absolute Gasteiger partial charge is 0.452 e. The van der Waals surface area contributed by atoms with Crippen LogP contribution in [0.25, 0.3) is 0 Å². The monoisotopic (exact) mass is 524 g/mol. The molecule has 0 unspecified atom stereocenters. The van der Waals surface area contributed by atoms with Crippen LogP contribution in [0.15, 0.2) is 23.1 Å². The maximum absolute atomic E-state index is 13.3. The summed E-state index contributed by atoms with van der Waals surface area (Å²) in [7, 11) is -3.72. The molecule has 8 nitrogen and oxygen atoms in total. The van der Waals surface area contributed by atoms with Gasteiger partial charge in [0, 0.05) is 23.7 Å². The van der Waals surface area contributed by atoms with Gasteiger partial charge in [0.25, 0.3) is 5.91 Å². The SMILES string of the molecule is Cc1ccc(NC(=O)[C@@H](C)OC(=O)C23C[C@H]4C[C@@H](CC(Cl)(C4)C2)C3)cc1S(=O)(=O)N1CCOCC1. The molecule has 1 aliphatic heterocycles. The standard InChI is InChI=1S/C25H33ClN2O6S/c1-16-3-4-20(10-21(16)35(31,32)28-5-7-33-8-6-28)27-22(29)17(2)34-23(30)24-11-18-9-19(12-24)14-25(26,13-18)15-24/h3-4,10,17-19H,5-9,11-15H2,1-2H3,(H,27,29)/t17-,18-,19-,24?,25?/m1/s1. The van der Waals surface area contributed by atoms with Gasteiger partial charge in [0.2, 0.25) is 10.0 Å². The molecule has 1 saturated heterocycles. The number of amides is 1. The van der Waals surface area contributed by atoms with Crippen LogP contribution < -0.4 is 5.32 Å². The summed E-state index contributed by atoms with van der Waals surface area (Å²) in [5.41, 5.74) is 0.333. The summed E-state index contributed by atoms with van der Waals surface area (Å²) in [6.45, 7) is 4.55. The number of carbonyl (C=O) groups excluding carboxylic acids is 2. The van der Waals surface area contributed by atoms with E-state index in [-0.39, 0.29) is 15.7 Å². The topological polar surface area (TPSA) is 102 Å². The molecule has 1 N–H and O–H groups in total. The van der Waals surface area contributed by atoms with E-state index >= 15 is 0 Å². The van der Waals surface area contributed by atoms with Gasteiger partial charge in [-0.25, -0.2) is 8.42 Å². The van der Waals surface area contributed by atoms with Crippen molar-refractivity contribution in [3.8, 4) is 0 Å². The van der Waals surface area contributed by atoms with Crippen molar-refractivity contribution in [2.24, 2.45) is 17.3 Å². The number of aryl methyl sites for hydroxylation is 1. The summed E-state index contributed by atoms with van der Waals surface area (Å²) >= 11 is 6.84. The highest BCUT2D eigenvalue weighted by molar-refractivity contribution is 7.89. The van der Waals surface area contributed by atoms with E-state index in [2.05, 4.69) is 5.32 Å². The molecule has 6 rings (SSSR count). The fraction of sp³-hybridized carbons (Fsp3) is 0.680. The molecule has 1 aromatic rings. The lowest BCUT2D eigenvalue weighted by Crippen LogP contribution is -2.57.